The summed E-state index contributed by atoms with van der Waals surface area (Å²) in [7, 11) is 1.62. The van der Waals surface area contributed by atoms with E-state index in [1.807, 2.05) is 0 Å². The number of nitrogens with zero attached hydrogens (tertiary/aromatic N) is 2. The molecule has 0 unspecified atom stereocenters. The molecule has 1 aliphatic rings. The molecule has 0 bridgehead atoms. The lowest BCUT2D eigenvalue weighted by molar-refractivity contribution is 0.397. The van der Waals surface area contributed by atoms with Crippen molar-refractivity contribution >= 4 is 5.95 Å². The summed E-state index contributed by atoms with van der Waals surface area (Å²) < 4.78 is 5.08. The second kappa shape index (κ2) is 5.68. The van der Waals surface area contributed by atoms with E-state index in [1.54, 1.807) is 19.4 Å². The predicted octanol–water partition coefficient (Wildman–Crippen LogP) is 2.62. The van der Waals surface area contributed by atoms with Gasteiger partial charge < -0.3 is 10.1 Å². The first-order chi connectivity index (χ1) is 7.88. The van der Waals surface area contributed by atoms with Gasteiger partial charge in [0.25, 0.3) is 0 Å². The Morgan fingerprint density at radius 1 is 1.25 bits per heavy atom. The summed E-state index contributed by atoms with van der Waals surface area (Å²) in [6.07, 6.45) is 9.50. The van der Waals surface area contributed by atoms with Gasteiger partial charge in [-0.3, -0.25) is 0 Å². The fourth-order valence-corrected chi connectivity index (χ4v) is 2.13. The SMILES string of the molecule is COc1ccnc(NC2CCCCCC2)n1. The van der Waals surface area contributed by atoms with Crippen molar-refractivity contribution < 1.29 is 4.74 Å². The normalized spacial score (nSPS) is 17.8. The summed E-state index contributed by atoms with van der Waals surface area (Å²) in [5, 5.41) is 3.39. The van der Waals surface area contributed by atoms with E-state index in [9.17, 15) is 0 Å². The van der Waals surface area contributed by atoms with Gasteiger partial charge in [-0.25, -0.2) is 4.98 Å². The second-order valence-corrected chi connectivity index (χ2v) is 4.26. The highest BCUT2D eigenvalue weighted by molar-refractivity contribution is 5.28. The van der Waals surface area contributed by atoms with Crippen molar-refractivity contribution in [3.05, 3.63) is 12.3 Å². The van der Waals surface area contributed by atoms with Crippen LogP contribution in [0, 0.1) is 0 Å². The van der Waals surface area contributed by atoms with Crippen molar-refractivity contribution in [1.82, 2.24) is 9.97 Å². The number of anilines is 1. The van der Waals surface area contributed by atoms with Crippen molar-refractivity contribution in [3.8, 4) is 5.88 Å². The number of aromatic nitrogens is 2. The minimum absolute atomic E-state index is 0.523. The average Bonchev–Trinajstić information content (AvgIpc) is 2.58. The van der Waals surface area contributed by atoms with Crippen LogP contribution in [0.4, 0.5) is 5.95 Å². The molecule has 16 heavy (non-hydrogen) atoms. The van der Waals surface area contributed by atoms with Gasteiger partial charge in [0.2, 0.25) is 11.8 Å². The van der Waals surface area contributed by atoms with Crippen molar-refractivity contribution in [1.29, 1.82) is 0 Å². The summed E-state index contributed by atoms with van der Waals surface area (Å²) in [5.41, 5.74) is 0. The Morgan fingerprint density at radius 2 is 2.00 bits per heavy atom. The zero-order valence-electron chi connectivity index (χ0n) is 9.78. The zero-order chi connectivity index (χ0) is 11.2. The third kappa shape index (κ3) is 3.08. The fraction of sp³-hybridized carbons (Fsp3) is 0.667. The molecule has 1 aliphatic carbocycles. The first-order valence-corrected chi connectivity index (χ1v) is 6.02. The zero-order valence-corrected chi connectivity index (χ0v) is 9.78. The van der Waals surface area contributed by atoms with Crippen molar-refractivity contribution in [2.24, 2.45) is 0 Å². The predicted molar refractivity (Wildman–Crippen MR) is 63.7 cm³/mol. The van der Waals surface area contributed by atoms with Gasteiger partial charge in [0.1, 0.15) is 0 Å². The van der Waals surface area contributed by atoms with Crippen LogP contribution in [0.1, 0.15) is 38.5 Å². The standard InChI is InChI=1S/C12H19N3O/c1-16-11-8-9-13-12(15-11)14-10-6-4-2-3-5-7-10/h8-10H,2-7H2,1H3,(H,13,14,15). The summed E-state index contributed by atoms with van der Waals surface area (Å²) in [4.78, 5) is 8.48. The van der Waals surface area contributed by atoms with Crippen molar-refractivity contribution in [2.45, 2.75) is 44.6 Å². The first kappa shape index (κ1) is 11.2. The molecule has 0 atom stereocenters. The summed E-state index contributed by atoms with van der Waals surface area (Å²) >= 11 is 0. The maximum absolute atomic E-state index is 5.08. The Morgan fingerprint density at radius 3 is 2.69 bits per heavy atom. The smallest absolute Gasteiger partial charge is 0.226 e. The maximum Gasteiger partial charge on any atom is 0.226 e. The number of rotatable bonds is 3. The molecule has 1 aromatic rings. The molecule has 4 nitrogen and oxygen atoms in total. The van der Waals surface area contributed by atoms with Crippen LogP contribution in [0.2, 0.25) is 0 Å². The van der Waals surface area contributed by atoms with E-state index in [4.69, 9.17) is 4.74 Å². The van der Waals surface area contributed by atoms with E-state index in [0.29, 0.717) is 17.9 Å². The molecule has 0 spiro atoms. The van der Waals surface area contributed by atoms with Gasteiger partial charge in [-0.2, -0.15) is 4.98 Å². The van der Waals surface area contributed by atoms with Crippen LogP contribution in [0.3, 0.4) is 0 Å². The Hall–Kier alpha value is -1.32. The van der Waals surface area contributed by atoms with Crippen molar-refractivity contribution in [2.75, 3.05) is 12.4 Å². The molecular weight excluding hydrogens is 202 g/mol. The van der Waals surface area contributed by atoms with E-state index >= 15 is 0 Å². The van der Waals surface area contributed by atoms with Gasteiger partial charge in [-0.15, -0.1) is 0 Å². The van der Waals surface area contributed by atoms with Gasteiger partial charge in [0, 0.05) is 18.3 Å². The largest absolute Gasteiger partial charge is 0.481 e. The molecule has 4 heteroatoms. The number of hydrogen-bond donors (Lipinski definition) is 1. The topological polar surface area (TPSA) is 47.0 Å². The molecule has 1 aromatic heterocycles. The van der Waals surface area contributed by atoms with E-state index in [2.05, 4.69) is 15.3 Å². The molecule has 1 saturated carbocycles. The average molecular weight is 221 g/mol. The van der Waals surface area contributed by atoms with E-state index in [1.165, 1.54) is 38.5 Å². The minimum atomic E-state index is 0.523. The van der Waals surface area contributed by atoms with Crippen LogP contribution in [-0.2, 0) is 0 Å². The lowest BCUT2D eigenvalue weighted by Gasteiger charge is -2.15. The first-order valence-electron chi connectivity index (χ1n) is 6.02. The summed E-state index contributed by atoms with van der Waals surface area (Å²) in [6.45, 7) is 0. The lowest BCUT2D eigenvalue weighted by atomic mass is 10.1. The summed E-state index contributed by atoms with van der Waals surface area (Å²) in [6, 6.07) is 2.28. The van der Waals surface area contributed by atoms with Crippen LogP contribution in [0.25, 0.3) is 0 Å². The van der Waals surface area contributed by atoms with Gasteiger partial charge in [-0.05, 0) is 12.8 Å². The molecule has 0 aromatic carbocycles. The highest BCUT2D eigenvalue weighted by Crippen LogP contribution is 2.20. The summed E-state index contributed by atoms with van der Waals surface area (Å²) in [5.74, 6) is 1.30. The maximum atomic E-state index is 5.08. The molecule has 1 heterocycles. The third-order valence-corrected chi connectivity index (χ3v) is 3.03. The molecule has 0 radical (unpaired) electrons. The Balaban J connectivity index is 1.96. The molecular formula is C12H19N3O. The monoisotopic (exact) mass is 221 g/mol. The second-order valence-electron chi connectivity index (χ2n) is 4.26. The van der Waals surface area contributed by atoms with E-state index < -0.39 is 0 Å². The molecule has 0 amide bonds. The lowest BCUT2D eigenvalue weighted by Crippen LogP contribution is -2.19. The van der Waals surface area contributed by atoms with Gasteiger partial charge in [0.05, 0.1) is 7.11 Å². The number of ether oxygens (including phenoxy) is 1. The van der Waals surface area contributed by atoms with E-state index in [0.717, 1.165) is 0 Å². The van der Waals surface area contributed by atoms with Gasteiger partial charge in [0.15, 0.2) is 0 Å². The number of methoxy groups -OCH3 is 1. The Bertz CT molecular complexity index is 322. The molecule has 88 valence electrons. The molecule has 1 fully saturated rings. The number of nitrogens with one attached hydrogen (secondary N) is 1. The molecule has 1 N–H and O–H groups in total. The van der Waals surface area contributed by atoms with Crippen LogP contribution >= 0.6 is 0 Å². The van der Waals surface area contributed by atoms with Crippen molar-refractivity contribution in [3.63, 3.8) is 0 Å². The third-order valence-electron chi connectivity index (χ3n) is 3.03. The molecule has 2 rings (SSSR count). The molecule has 0 aliphatic heterocycles. The van der Waals surface area contributed by atoms with Crippen LogP contribution in [0.5, 0.6) is 5.88 Å². The highest BCUT2D eigenvalue weighted by atomic mass is 16.5. The van der Waals surface area contributed by atoms with Gasteiger partial charge >= 0.3 is 0 Å². The Kier molecular flexibility index (Phi) is 3.97. The van der Waals surface area contributed by atoms with E-state index in [-0.39, 0.29) is 0 Å². The highest BCUT2D eigenvalue weighted by Gasteiger charge is 2.12. The van der Waals surface area contributed by atoms with Crippen LogP contribution in [-0.4, -0.2) is 23.1 Å². The minimum Gasteiger partial charge on any atom is -0.481 e. The quantitative estimate of drug-likeness (QED) is 0.797. The van der Waals surface area contributed by atoms with Crippen LogP contribution < -0.4 is 10.1 Å². The van der Waals surface area contributed by atoms with Crippen LogP contribution in [0.15, 0.2) is 12.3 Å². The van der Waals surface area contributed by atoms with Gasteiger partial charge in [-0.1, -0.05) is 25.7 Å². The molecule has 0 saturated heterocycles. The number of hydrogen-bond acceptors (Lipinski definition) is 4. The Labute approximate surface area is 96.4 Å². The fourth-order valence-electron chi connectivity index (χ4n) is 2.13.